The maximum absolute atomic E-state index is 11.5. The van der Waals surface area contributed by atoms with Gasteiger partial charge >= 0.3 is 0 Å². The molecule has 1 amide bonds. The van der Waals surface area contributed by atoms with Crippen molar-refractivity contribution in [2.45, 2.75) is 6.42 Å². The van der Waals surface area contributed by atoms with Crippen LogP contribution in [-0.2, 0) is 11.2 Å². The minimum absolute atomic E-state index is 0.00287. The number of hydrazine groups is 1. The van der Waals surface area contributed by atoms with Crippen LogP contribution < -0.4 is 5.84 Å². The van der Waals surface area contributed by atoms with E-state index in [1.807, 2.05) is 0 Å². The van der Waals surface area contributed by atoms with E-state index >= 15 is 0 Å². The van der Waals surface area contributed by atoms with Gasteiger partial charge in [0.25, 0.3) is 5.69 Å². The van der Waals surface area contributed by atoms with Gasteiger partial charge in [-0.25, -0.2) is 5.84 Å². The van der Waals surface area contributed by atoms with Crippen molar-refractivity contribution >= 4 is 11.6 Å². The molecule has 0 radical (unpaired) electrons. The van der Waals surface area contributed by atoms with E-state index in [0.717, 1.165) is 5.01 Å². The normalized spacial score (nSPS) is 9.71. The Hall–Kier alpha value is -2.21. The van der Waals surface area contributed by atoms with E-state index in [9.17, 15) is 14.9 Å². The van der Waals surface area contributed by atoms with Crippen LogP contribution in [0.5, 0.6) is 0 Å². The summed E-state index contributed by atoms with van der Waals surface area (Å²) >= 11 is 0. The van der Waals surface area contributed by atoms with E-state index in [1.165, 1.54) is 30.3 Å². The Morgan fingerprint density at radius 1 is 1.47 bits per heavy atom. The molecule has 17 heavy (non-hydrogen) atoms. The first kappa shape index (κ1) is 12.9. The lowest BCUT2D eigenvalue weighted by atomic mass is 10.1. The zero-order valence-electron chi connectivity index (χ0n) is 9.20. The molecule has 0 saturated carbocycles. The Bertz CT molecular complexity index is 428. The minimum Gasteiger partial charge on any atom is -0.277 e. The summed E-state index contributed by atoms with van der Waals surface area (Å²) < 4.78 is 0. The van der Waals surface area contributed by atoms with Crippen molar-refractivity contribution < 1.29 is 9.72 Å². The van der Waals surface area contributed by atoms with Crippen molar-refractivity contribution in [1.82, 2.24) is 5.01 Å². The van der Waals surface area contributed by atoms with Crippen LogP contribution in [0.25, 0.3) is 0 Å². The fourth-order valence-electron chi connectivity index (χ4n) is 1.25. The Balaban J connectivity index is 2.66. The van der Waals surface area contributed by atoms with Crippen molar-refractivity contribution in [2.24, 2.45) is 5.84 Å². The highest BCUT2D eigenvalue weighted by molar-refractivity contribution is 5.78. The molecule has 1 rings (SSSR count). The number of hydrogen-bond donors (Lipinski definition) is 1. The SMILES string of the molecule is C=CCN(N)C(=O)Cc1ccc([N+](=O)[O-])cc1. The molecule has 0 atom stereocenters. The number of amides is 1. The van der Waals surface area contributed by atoms with Crippen LogP contribution in [0.2, 0.25) is 0 Å². The molecular weight excluding hydrogens is 222 g/mol. The van der Waals surface area contributed by atoms with E-state index in [4.69, 9.17) is 5.84 Å². The molecule has 1 aromatic rings. The Morgan fingerprint density at radius 2 is 2.06 bits per heavy atom. The van der Waals surface area contributed by atoms with Crippen molar-refractivity contribution in [3.8, 4) is 0 Å². The summed E-state index contributed by atoms with van der Waals surface area (Å²) in [6, 6.07) is 5.80. The zero-order valence-corrected chi connectivity index (χ0v) is 9.20. The first-order valence-electron chi connectivity index (χ1n) is 4.94. The Kier molecular flexibility index (Phi) is 4.36. The largest absolute Gasteiger partial charge is 0.277 e. The number of nitro groups is 1. The fourth-order valence-corrected chi connectivity index (χ4v) is 1.25. The third-order valence-corrected chi connectivity index (χ3v) is 2.15. The lowest BCUT2D eigenvalue weighted by molar-refractivity contribution is -0.384. The van der Waals surface area contributed by atoms with Crippen LogP contribution in [0.3, 0.4) is 0 Å². The van der Waals surface area contributed by atoms with Crippen LogP contribution in [0.4, 0.5) is 5.69 Å². The summed E-state index contributed by atoms with van der Waals surface area (Å²) in [4.78, 5) is 21.5. The van der Waals surface area contributed by atoms with Crippen molar-refractivity contribution in [3.05, 3.63) is 52.6 Å². The molecule has 0 aliphatic carbocycles. The molecule has 6 heteroatoms. The van der Waals surface area contributed by atoms with Gasteiger partial charge in [0.15, 0.2) is 0 Å². The summed E-state index contributed by atoms with van der Waals surface area (Å²) in [5, 5.41) is 11.5. The van der Waals surface area contributed by atoms with Crippen molar-refractivity contribution in [2.75, 3.05) is 6.54 Å². The predicted molar refractivity (Wildman–Crippen MR) is 62.9 cm³/mol. The van der Waals surface area contributed by atoms with Gasteiger partial charge < -0.3 is 0 Å². The number of nitrogens with two attached hydrogens (primary N) is 1. The number of nitrogens with zero attached hydrogens (tertiary/aromatic N) is 2. The summed E-state index contributed by atoms with van der Waals surface area (Å²) in [6.45, 7) is 3.74. The summed E-state index contributed by atoms with van der Waals surface area (Å²) in [5.74, 6) is 5.19. The van der Waals surface area contributed by atoms with E-state index in [2.05, 4.69) is 6.58 Å². The zero-order chi connectivity index (χ0) is 12.8. The summed E-state index contributed by atoms with van der Waals surface area (Å²) in [5.41, 5.74) is 0.678. The van der Waals surface area contributed by atoms with Gasteiger partial charge in [0, 0.05) is 12.1 Å². The average Bonchev–Trinajstić information content (AvgIpc) is 2.30. The van der Waals surface area contributed by atoms with Crippen molar-refractivity contribution in [1.29, 1.82) is 0 Å². The monoisotopic (exact) mass is 235 g/mol. The first-order chi connectivity index (χ1) is 8.04. The van der Waals surface area contributed by atoms with Crippen LogP contribution >= 0.6 is 0 Å². The molecule has 0 aliphatic heterocycles. The number of non-ortho nitro benzene ring substituents is 1. The maximum Gasteiger partial charge on any atom is 0.269 e. The van der Waals surface area contributed by atoms with Crippen LogP contribution in [0.15, 0.2) is 36.9 Å². The van der Waals surface area contributed by atoms with Gasteiger partial charge in [0.2, 0.25) is 5.91 Å². The van der Waals surface area contributed by atoms with E-state index in [-0.39, 0.29) is 24.6 Å². The molecule has 0 aromatic heterocycles. The van der Waals surface area contributed by atoms with Gasteiger partial charge in [-0.1, -0.05) is 18.2 Å². The number of rotatable bonds is 5. The highest BCUT2D eigenvalue weighted by Gasteiger charge is 2.10. The van der Waals surface area contributed by atoms with Crippen LogP contribution in [-0.4, -0.2) is 22.4 Å². The molecule has 2 N–H and O–H groups in total. The molecule has 6 nitrogen and oxygen atoms in total. The third kappa shape index (κ3) is 3.69. The second-order valence-corrected chi connectivity index (χ2v) is 3.44. The number of carbonyl (C=O) groups is 1. The lowest BCUT2D eigenvalue weighted by Crippen LogP contribution is -2.38. The van der Waals surface area contributed by atoms with Crippen LogP contribution in [0.1, 0.15) is 5.56 Å². The Morgan fingerprint density at radius 3 is 2.53 bits per heavy atom. The van der Waals surface area contributed by atoms with Crippen LogP contribution in [0, 0.1) is 10.1 Å². The molecule has 0 heterocycles. The second-order valence-electron chi connectivity index (χ2n) is 3.44. The van der Waals surface area contributed by atoms with Gasteiger partial charge in [-0.15, -0.1) is 6.58 Å². The first-order valence-corrected chi connectivity index (χ1v) is 4.94. The Labute approximate surface area is 98.5 Å². The molecule has 0 unspecified atom stereocenters. The third-order valence-electron chi connectivity index (χ3n) is 2.15. The quantitative estimate of drug-likeness (QED) is 0.271. The minimum atomic E-state index is -0.488. The van der Waals surface area contributed by atoms with Gasteiger partial charge in [0.05, 0.1) is 17.9 Å². The van der Waals surface area contributed by atoms with E-state index < -0.39 is 4.92 Å². The molecule has 1 aromatic carbocycles. The van der Waals surface area contributed by atoms with E-state index in [0.29, 0.717) is 5.56 Å². The van der Waals surface area contributed by atoms with E-state index in [1.54, 1.807) is 0 Å². The molecule has 0 saturated heterocycles. The highest BCUT2D eigenvalue weighted by Crippen LogP contribution is 2.12. The lowest BCUT2D eigenvalue weighted by Gasteiger charge is -2.13. The van der Waals surface area contributed by atoms with Crippen molar-refractivity contribution in [3.63, 3.8) is 0 Å². The van der Waals surface area contributed by atoms with Gasteiger partial charge in [-0.05, 0) is 5.56 Å². The number of hydrogen-bond acceptors (Lipinski definition) is 4. The average molecular weight is 235 g/mol. The molecule has 90 valence electrons. The topological polar surface area (TPSA) is 89.5 Å². The smallest absolute Gasteiger partial charge is 0.269 e. The number of nitro benzene ring substituents is 1. The van der Waals surface area contributed by atoms with Gasteiger partial charge in [0.1, 0.15) is 0 Å². The molecular formula is C11H13N3O3. The summed E-state index contributed by atoms with van der Waals surface area (Å²) in [7, 11) is 0. The maximum atomic E-state index is 11.5. The second kappa shape index (κ2) is 5.76. The highest BCUT2D eigenvalue weighted by atomic mass is 16.6. The molecule has 0 fully saturated rings. The van der Waals surface area contributed by atoms with Gasteiger partial charge in [-0.3, -0.25) is 19.9 Å². The predicted octanol–water partition coefficient (Wildman–Crippen LogP) is 1.03. The standard InChI is InChI=1S/C11H13N3O3/c1-2-7-13(12)11(15)8-9-3-5-10(6-4-9)14(16)17/h2-6H,1,7-8,12H2. The molecule has 0 spiro atoms. The number of benzene rings is 1. The molecule has 0 bridgehead atoms. The summed E-state index contributed by atoms with van der Waals surface area (Å²) in [6.07, 6.45) is 1.63. The van der Waals surface area contributed by atoms with Gasteiger partial charge in [-0.2, -0.15) is 0 Å². The fraction of sp³-hybridized carbons (Fsp3) is 0.182. The number of carbonyl (C=O) groups excluding carboxylic acids is 1. The molecule has 0 aliphatic rings.